The van der Waals surface area contributed by atoms with E-state index in [1.807, 2.05) is 6.07 Å². The van der Waals surface area contributed by atoms with Gasteiger partial charge in [0.2, 0.25) is 15.9 Å². The van der Waals surface area contributed by atoms with Crippen molar-refractivity contribution in [1.82, 2.24) is 4.31 Å². The number of ether oxygens (including phenoxy) is 1. The molecule has 0 aliphatic carbocycles. The van der Waals surface area contributed by atoms with Crippen LogP contribution in [0.3, 0.4) is 0 Å². The Morgan fingerprint density at radius 3 is 2.47 bits per heavy atom. The molecule has 8 nitrogen and oxygen atoms in total. The maximum Gasteiger partial charge on any atom is 0.243 e. The molecule has 10 heteroatoms. The van der Waals surface area contributed by atoms with Gasteiger partial charge in [0.15, 0.2) is 9.84 Å². The summed E-state index contributed by atoms with van der Waals surface area (Å²) in [5.41, 5.74) is 0.978. The molecule has 1 aliphatic heterocycles. The molecule has 2 aromatic rings. The zero-order chi connectivity index (χ0) is 21.9. The van der Waals surface area contributed by atoms with Gasteiger partial charge in [-0.2, -0.15) is 4.31 Å². The van der Waals surface area contributed by atoms with E-state index in [0.717, 1.165) is 5.56 Å². The van der Waals surface area contributed by atoms with Crippen molar-refractivity contribution in [1.29, 1.82) is 0 Å². The van der Waals surface area contributed by atoms with Gasteiger partial charge < -0.3 is 10.1 Å². The molecule has 1 amide bonds. The molecule has 2 aromatic carbocycles. The van der Waals surface area contributed by atoms with Crippen LogP contribution in [0.1, 0.15) is 18.9 Å². The maximum absolute atomic E-state index is 13.5. The fourth-order valence-corrected chi connectivity index (χ4v) is 6.94. The van der Waals surface area contributed by atoms with Crippen LogP contribution in [0.4, 0.5) is 5.69 Å². The number of sulfone groups is 1. The maximum atomic E-state index is 13.5. The molecule has 0 bridgehead atoms. The lowest BCUT2D eigenvalue weighted by Crippen LogP contribution is -2.40. The minimum absolute atomic E-state index is 0.0434. The van der Waals surface area contributed by atoms with Gasteiger partial charge in [-0.15, -0.1) is 0 Å². The number of carbonyl (C=O) groups excluding carboxylic acids is 1. The average molecular weight is 453 g/mol. The quantitative estimate of drug-likeness (QED) is 0.688. The zero-order valence-electron chi connectivity index (χ0n) is 16.7. The molecule has 0 spiro atoms. The molecule has 1 aliphatic rings. The highest BCUT2D eigenvalue weighted by Crippen LogP contribution is 2.32. The predicted octanol–water partition coefficient (Wildman–Crippen LogP) is 2.03. The van der Waals surface area contributed by atoms with Crippen LogP contribution < -0.4 is 10.1 Å². The van der Waals surface area contributed by atoms with Gasteiger partial charge >= 0.3 is 0 Å². The van der Waals surface area contributed by atoms with Gasteiger partial charge in [0.1, 0.15) is 5.75 Å². The van der Waals surface area contributed by atoms with E-state index in [1.54, 1.807) is 24.3 Å². The van der Waals surface area contributed by atoms with Gasteiger partial charge in [-0.05, 0) is 30.2 Å². The first-order valence-corrected chi connectivity index (χ1v) is 12.6. The van der Waals surface area contributed by atoms with Crippen molar-refractivity contribution >= 4 is 31.5 Å². The first-order valence-electron chi connectivity index (χ1n) is 9.34. The van der Waals surface area contributed by atoms with E-state index in [4.69, 9.17) is 4.74 Å². The summed E-state index contributed by atoms with van der Waals surface area (Å²) in [5.74, 6) is -0.306. The number of amides is 1. The molecule has 0 aromatic heterocycles. The predicted molar refractivity (Wildman–Crippen MR) is 114 cm³/mol. The van der Waals surface area contributed by atoms with Crippen LogP contribution in [0.2, 0.25) is 0 Å². The van der Waals surface area contributed by atoms with Gasteiger partial charge in [-0.25, -0.2) is 16.8 Å². The lowest BCUT2D eigenvalue weighted by atomic mass is 10.2. The monoisotopic (exact) mass is 452 g/mol. The standard InChI is InChI=1S/C20H24N2O6S2/c1-15(23)21-19-12-18(8-9-20(19)28-2)30(26,27)22(13-16-6-4-3-5-7-16)17-10-11-29(24,25)14-17/h3-9,12,17H,10-11,13-14H2,1-2H3,(H,21,23)/t17-/m1/s1. The molecular formula is C20H24N2O6S2. The number of sulfonamides is 1. The molecule has 1 heterocycles. The molecule has 1 fully saturated rings. The summed E-state index contributed by atoms with van der Waals surface area (Å²) in [6, 6.07) is 12.5. The van der Waals surface area contributed by atoms with Crippen LogP contribution in [0.15, 0.2) is 53.4 Å². The lowest BCUT2D eigenvalue weighted by Gasteiger charge is -2.28. The highest BCUT2D eigenvalue weighted by atomic mass is 32.2. The molecule has 0 saturated carbocycles. The fraction of sp³-hybridized carbons (Fsp3) is 0.350. The third-order valence-electron chi connectivity index (χ3n) is 4.89. The van der Waals surface area contributed by atoms with E-state index in [0.29, 0.717) is 5.75 Å². The molecule has 1 N–H and O–H groups in total. The van der Waals surface area contributed by atoms with Gasteiger partial charge in [0.25, 0.3) is 0 Å². The summed E-state index contributed by atoms with van der Waals surface area (Å²) in [5, 5.41) is 2.57. The van der Waals surface area contributed by atoms with E-state index < -0.39 is 25.9 Å². The van der Waals surface area contributed by atoms with Crippen LogP contribution >= 0.6 is 0 Å². The molecule has 3 rings (SSSR count). The highest BCUT2D eigenvalue weighted by molar-refractivity contribution is 7.92. The van der Waals surface area contributed by atoms with Crippen molar-refractivity contribution in [2.75, 3.05) is 23.9 Å². The van der Waals surface area contributed by atoms with Crippen molar-refractivity contribution in [3.63, 3.8) is 0 Å². The Morgan fingerprint density at radius 2 is 1.90 bits per heavy atom. The molecular weight excluding hydrogens is 428 g/mol. The van der Waals surface area contributed by atoms with Crippen LogP contribution in [0.5, 0.6) is 5.75 Å². The fourth-order valence-electron chi connectivity index (χ4n) is 3.45. The number of benzene rings is 2. The van der Waals surface area contributed by atoms with Crippen LogP contribution in [-0.2, 0) is 31.2 Å². The van der Waals surface area contributed by atoms with E-state index >= 15 is 0 Å². The van der Waals surface area contributed by atoms with Crippen LogP contribution in [0.25, 0.3) is 0 Å². The smallest absolute Gasteiger partial charge is 0.243 e. The summed E-state index contributed by atoms with van der Waals surface area (Å²) in [6.07, 6.45) is 0.239. The third kappa shape index (κ3) is 5.00. The number of carbonyl (C=O) groups is 1. The lowest BCUT2D eigenvalue weighted by molar-refractivity contribution is -0.114. The first-order chi connectivity index (χ1) is 14.1. The summed E-state index contributed by atoms with van der Waals surface area (Å²) in [6.45, 7) is 1.36. The van der Waals surface area contributed by atoms with Crippen molar-refractivity contribution in [3.8, 4) is 5.75 Å². The zero-order valence-corrected chi connectivity index (χ0v) is 18.4. The number of nitrogens with zero attached hydrogens (tertiary/aromatic N) is 1. The van der Waals surface area contributed by atoms with Crippen LogP contribution in [0, 0.1) is 0 Å². The first kappa shape index (κ1) is 22.3. The Morgan fingerprint density at radius 1 is 1.20 bits per heavy atom. The summed E-state index contributed by atoms with van der Waals surface area (Å²) < 4.78 is 57.6. The topological polar surface area (TPSA) is 110 Å². The Balaban J connectivity index is 2.04. The molecule has 30 heavy (non-hydrogen) atoms. The van der Waals surface area contributed by atoms with Gasteiger partial charge in [-0.1, -0.05) is 30.3 Å². The van der Waals surface area contributed by atoms with Crippen molar-refractivity contribution in [3.05, 3.63) is 54.1 Å². The Hall–Kier alpha value is -2.43. The number of nitrogens with one attached hydrogen (secondary N) is 1. The third-order valence-corrected chi connectivity index (χ3v) is 8.53. The van der Waals surface area contributed by atoms with Crippen LogP contribution in [-0.4, -0.2) is 51.7 Å². The highest BCUT2D eigenvalue weighted by Gasteiger charge is 2.39. The molecule has 162 valence electrons. The Bertz CT molecular complexity index is 1130. The van der Waals surface area contributed by atoms with Crippen molar-refractivity contribution < 1.29 is 26.4 Å². The number of hydrogen-bond donors (Lipinski definition) is 1. The van der Waals surface area contributed by atoms with Gasteiger partial charge in [-0.3, -0.25) is 4.79 Å². The normalized spacial score (nSPS) is 18.3. The number of methoxy groups -OCH3 is 1. The number of hydrogen-bond acceptors (Lipinski definition) is 6. The SMILES string of the molecule is COc1ccc(S(=O)(=O)N(Cc2ccccc2)[C@@H]2CCS(=O)(=O)C2)cc1NC(C)=O. The van der Waals surface area contributed by atoms with E-state index in [2.05, 4.69) is 5.32 Å². The van der Waals surface area contributed by atoms with Gasteiger partial charge in [0, 0.05) is 19.5 Å². The minimum atomic E-state index is -4.05. The van der Waals surface area contributed by atoms with Crippen molar-refractivity contribution in [2.24, 2.45) is 0 Å². The second-order valence-electron chi connectivity index (χ2n) is 7.14. The van der Waals surface area contributed by atoms with E-state index in [1.165, 1.54) is 36.5 Å². The Labute approximate surface area is 176 Å². The van der Waals surface area contributed by atoms with Crippen molar-refractivity contribution in [2.45, 2.75) is 30.8 Å². The largest absolute Gasteiger partial charge is 0.495 e. The number of rotatable bonds is 7. The second kappa shape index (κ2) is 8.75. The molecule has 0 unspecified atom stereocenters. The molecule has 0 radical (unpaired) electrons. The summed E-state index contributed by atoms with van der Waals surface area (Å²) in [4.78, 5) is 11.5. The van der Waals surface area contributed by atoms with E-state index in [9.17, 15) is 21.6 Å². The molecule has 1 saturated heterocycles. The number of anilines is 1. The van der Waals surface area contributed by atoms with Gasteiger partial charge in [0.05, 0.1) is 29.2 Å². The van der Waals surface area contributed by atoms with E-state index in [-0.39, 0.29) is 41.0 Å². The minimum Gasteiger partial charge on any atom is -0.495 e. The summed E-state index contributed by atoms with van der Waals surface area (Å²) in [7, 11) is -5.93. The Kier molecular flexibility index (Phi) is 6.49. The second-order valence-corrected chi connectivity index (χ2v) is 11.3. The molecule has 1 atom stereocenters. The summed E-state index contributed by atoms with van der Waals surface area (Å²) >= 11 is 0. The average Bonchev–Trinajstić information content (AvgIpc) is 3.05.